The Kier molecular flexibility index (Phi) is 5.04. The van der Waals surface area contributed by atoms with Crippen molar-refractivity contribution in [3.8, 4) is 0 Å². The molecule has 0 radical (unpaired) electrons. The van der Waals surface area contributed by atoms with Crippen molar-refractivity contribution in [2.24, 2.45) is 17.8 Å². The van der Waals surface area contributed by atoms with Gasteiger partial charge in [-0.25, -0.2) is 4.72 Å². The van der Waals surface area contributed by atoms with Gasteiger partial charge in [-0.2, -0.15) is 12.7 Å². The van der Waals surface area contributed by atoms with Gasteiger partial charge in [-0.05, 0) is 31.1 Å². The van der Waals surface area contributed by atoms with Crippen LogP contribution in [-0.4, -0.2) is 43.4 Å². The van der Waals surface area contributed by atoms with Gasteiger partial charge in [0.05, 0.1) is 5.92 Å². The van der Waals surface area contributed by atoms with Crippen LogP contribution in [0.5, 0.6) is 0 Å². The number of piperidine rings is 1. The molecule has 3 atom stereocenters. The molecule has 1 aliphatic carbocycles. The molecule has 0 bridgehead atoms. The molecular weight excluding hydrogens is 280 g/mol. The van der Waals surface area contributed by atoms with Crippen molar-refractivity contribution >= 4 is 16.2 Å². The molecule has 7 heteroatoms. The molecule has 1 saturated carbocycles. The lowest BCUT2D eigenvalue weighted by Crippen LogP contribution is -2.48. The van der Waals surface area contributed by atoms with Crippen molar-refractivity contribution in [3.63, 3.8) is 0 Å². The molecule has 2 aliphatic rings. The average Bonchev–Trinajstić information content (AvgIpc) is 2.82. The number of hydrogen-bond acceptors (Lipinski definition) is 3. The van der Waals surface area contributed by atoms with Crippen molar-refractivity contribution in [2.75, 3.05) is 19.6 Å². The van der Waals surface area contributed by atoms with E-state index in [1.807, 2.05) is 0 Å². The largest absolute Gasteiger partial charge is 0.481 e. The van der Waals surface area contributed by atoms with Gasteiger partial charge in [0.1, 0.15) is 0 Å². The van der Waals surface area contributed by atoms with E-state index in [1.54, 1.807) is 0 Å². The lowest BCUT2D eigenvalue weighted by molar-refractivity contribution is -0.142. The lowest BCUT2D eigenvalue weighted by atomic mass is 9.99. The van der Waals surface area contributed by atoms with Gasteiger partial charge < -0.3 is 5.11 Å². The van der Waals surface area contributed by atoms with E-state index >= 15 is 0 Å². The van der Waals surface area contributed by atoms with Crippen molar-refractivity contribution in [3.05, 3.63) is 0 Å². The summed E-state index contributed by atoms with van der Waals surface area (Å²) in [4.78, 5) is 11.0. The molecule has 1 saturated heterocycles. The monoisotopic (exact) mass is 304 g/mol. The Hall–Kier alpha value is -0.660. The zero-order chi connectivity index (χ0) is 14.8. The second-order valence-corrected chi connectivity index (χ2v) is 7.81. The van der Waals surface area contributed by atoms with Crippen molar-refractivity contribution < 1.29 is 18.3 Å². The molecule has 20 heavy (non-hydrogen) atoms. The van der Waals surface area contributed by atoms with Gasteiger partial charge in [0.15, 0.2) is 0 Å². The molecule has 2 N–H and O–H groups in total. The maximum Gasteiger partial charge on any atom is 0.307 e. The van der Waals surface area contributed by atoms with Gasteiger partial charge in [-0.1, -0.05) is 19.8 Å². The van der Waals surface area contributed by atoms with Crippen LogP contribution in [0.3, 0.4) is 0 Å². The summed E-state index contributed by atoms with van der Waals surface area (Å²) in [5, 5.41) is 9.02. The summed E-state index contributed by atoms with van der Waals surface area (Å²) < 4.78 is 28.4. The third-order valence-corrected chi connectivity index (χ3v) is 6.18. The Morgan fingerprint density at radius 1 is 1.30 bits per heavy atom. The van der Waals surface area contributed by atoms with Gasteiger partial charge in [0, 0.05) is 19.6 Å². The van der Waals surface area contributed by atoms with Crippen LogP contribution in [0.2, 0.25) is 0 Å². The SMILES string of the molecule is CC1CCCC1CNS(=O)(=O)N1CCCC(C(=O)O)C1. The highest BCUT2D eigenvalue weighted by atomic mass is 32.2. The predicted octanol–water partition coefficient (Wildman–Crippen LogP) is 1.05. The molecular formula is C13H24N2O4S. The van der Waals surface area contributed by atoms with Crippen molar-refractivity contribution in [1.29, 1.82) is 0 Å². The van der Waals surface area contributed by atoms with Crippen LogP contribution in [-0.2, 0) is 15.0 Å². The average molecular weight is 304 g/mol. The predicted molar refractivity (Wildman–Crippen MR) is 75.4 cm³/mol. The molecule has 3 unspecified atom stereocenters. The van der Waals surface area contributed by atoms with Gasteiger partial charge >= 0.3 is 5.97 Å². The summed E-state index contributed by atoms with van der Waals surface area (Å²) >= 11 is 0. The molecule has 2 fully saturated rings. The number of rotatable bonds is 5. The van der Waals surface area contributed by atoms with E-state index in [4.69, 9.17) is 5.11 Å². The number of aliphatic carboxylic acids is 1. The first-order valence-corrected chi connectivity index (χ1v) is 8.81. The second kappa shape index (κ2) is 6.41. The number of carbonyl (C=O) groups is 1. The van der Waals surface area contributed by atoms with Crippen LogP contribution < -0.4 is 4.72 Å². The Morgan fingerprint density at radius 2 is 2.05 bits per heavy atom. The number of carboxylic acids is 1. The zero-order valence-corrected chi connectivity index (χ0v) is 12.7. The molecule has 2 rings (SSSR count). The molecule has 0 spiro atoms. The van der Waals surface area contributed by atoms with Gasteiger partial charge in [0.25, 0.3) is 10.2 Å². The van der Waals surface area contributed by atoms with Gasteiger partial charge in [-0.15, -0.1) is 0 Å². The van der Waals surface area contributed by atoms with E-state index in [0.717, 1.165) is 12.8 Å². The molecule has 1 heterocycles. The molecule has 116 valence electrons. The molecule has 0 aromatic heterocycles. The maximum atomic E-state index is 12.2. The normalized spacial score (nSPS) is 32.4. The summed E-state index contributed by atoms with van der Waals surface area (Å²) in [5.74, 6) is -0.518. The fourth-order valence-corrected chi connectivity index (χ4v) is 4.54. The van der Waals surface area contributed by atoms with Gasteiger partial charge in [0.2, 0.25) is 0 Å². The Morgan fingerprint density at radius 3 is 2.65 bits per heavy atom. The summed E-state index contributed by atoms with van der Waals surface area (Å²) in [6.45, 7) is 3.13. The smallest absolute Gasteiger partial charge is 0.307 e. The first-order valence-electron chi connectivity index (χ1n) is 7.37. The van der Waals surface area contributed by atoms with Crippen LogP contribution in [0.15, 0.2) is 0 Å². The van der Waals surface area contributed by atoms with Crippen LogP contribution in [0.25, 0.3) is 0 Å². The standard InChI is InChI=1S/C13H24N2O4S/c1-10-4-2-5-11(10)8-14-20(18,19)15-7-3-6-12(9-15)13(16)17/h10-12,14H,2-9H2,1H3,(H,16,17). The Balaban J connectivity index is 1.90. The number of nitrogens with one attached hydrogen (secondary N) is 1. The van der Waals surface area contributed by atoms with E-state index in [1.165, 1.54) is 10.7 Å². The first-order chi connectivity index (χ1) is 9.40. The van der Waals surface area contributed by atoms with Crippen LogP contribution in [0.4, 0.5) is 0 Å². The molecule has 1 aliphatic heterocycles. The van der Waals surface area contributed by atoms with Crippen LogP contribution >= 0.6 is 0 Å². The van der Waals surface area contributed by atoms with E-state index < -0.39 is 22.1 Å². The van der Waals surface area contributed by atoms with Crippen molar-refractivity contribution in [2.45, 2.75) is 39.0 Å². The molecule has 0 amide bonds. The third kappa shape index (κ3) is 3.71. The fraction of sp³-hybridized carbons (Fsp3) is 0.923. The minimum absolute atomic E-state index is 0.0882. The summed E-state index contributed by atoms with van der Waals surface area (Å²) in [7, 11) is -3.54. The minimum atomic E-state index is -3.54. The van der Waals surface area contributed by atoms with E-state index in [-0.39, 0.29) is 6.54 Å². The quantitative estimate of drug-likeness (QED) is 0.795. The summed E-state index contributed by atoms with van der Waals surface area (Å²) in [6, 6.07) is 0. The zero-order valence-electron chi connectivity index (χ0n) is 11.9. The lowest BCUT2D eigenvalue weighted by Gasteiger charge is -2.30. The van der Waals surface area contributed by atoms with Crippen LogP contribution in [0.1, 0.15) is 39.0 Å². The van der Waals surface area contributed by atoms with E-state index in [9.17, 15) is 13.2 Å². The first kappa shape index (κ1) is 15.7. The fourth-order valence-electron chi connectivity index (χ4n) is 3.19. The number of nitrogens with zero attached hydrogens (tertiary/aromatic N) is 1. The van der Waals surface area contributed by atoms with E-state index in [2.05, 4.69) is 11.6 Å². The maximum absolute atomic E-state index is 12.2. The second-order valence-electron chi connectivity index (χ2n) is 6.06. The van der Waals surface area contributed by atoms with E-state index in [0.29, 0.717) is 37.8 Å². The Labute approximate surface area is 120 Å². The number of carboxylic acid groups (broad SMARTS) is 1. The summed E-state index contributed by atoms with van der Waals surface area (Å²) in [5.41, 5.74) is 0. The molecule has 6 nitrogen and oxygen atoms in total. The molecule has 0 aromatic rings. The highest BCUT2D eigenvalue weighted by molar-refractivity contribution is 7.87. The van der Waals surface area contributed by atoms with Crippen molar-refractivity contribution in [1.82, 2.24) is 9.03 Å². The van der Waals surface area contributed by atoms with Gasteiger partial charge in [-0.3, -0.25) is 4.79 Å². The third-order valence-electron chi connectivity index (χ3n) is 4.64. The van der Waals surface area contributed by atoms with Crippen LogP contribution in [0, 0.1) is 17.8 Å². The summed E-state index contributed by atoms with van der Waals surface area (Å²) in [6.07, 6.45) is 4.57. The molecule has 0 aromatic carbocycles. The highest BCUT2D eigenvalue weighted by Gasteiger charge is 2.33. The Bertz CT molecular complexity index is 451. The number of hydrogen-bond donors (Lipinski definition) is 2. The topological polar surface area (TPSA) is 86.7 Å². The minimum Gasteiger partial charge on any atom is -0.481 e. The highest BCUT2D eigenvalue weighted by Crippen LogP contribution is 2.30.